The molecule has 3 aromatic heterocycles. The highest BCUT2D eigenvalue weighted by Crippen LogP contribution is 2.32. The molecule has 4 heterocycles. The summed E-state index contributed by atoms with van der Waals surface area (Å²) in [5.41, 5.74) is 3.95. The van der Waals surface area contributed by atoms with Crippen molar-refractivity contribution in [2.24, 2.45) is 5.92 Å². The molecule has 0 bridgehead atoms. The number of carbonyl (C=O) groups is 1. The number of fused-ring (bicyclic) bond motifs is 3. The van der Waals surface area contributed by atoms with Gasteiger partial charge in [-0.2, -0.15) is 0 Å². The average Bonchev–Trinajstić information content (AvgIpc) is 3.13. The van der Waals surface area contributed by atoms with E-state index in [9.17, 15) is 4.79 Å². The third-order valence-corrected chi connectivity index (χ3v) is 5.59. The monoisotopic (exact) mass is 386 g/mol. The number of nitrogens with zero attached hydrogens (tertiary/aromatic N) is 3. The predicted octanol–water partition coefficient (Wildman–Crippen LogP) is 3.71. The van der Waals surface area contributed by atoms with Gasteiger partial charge in [0.05, 0.1) is 22.2 Å². The molecule has 146 valence electrons. The molecule has 5 rings (SSSR count). The van der Waals surface area contributed by atoms with Crippen LogP contribution in [0.3, 0.4) is 0 Å². The van der Waals surface area contributed by atoms with Gasteiger partial charge in [0.1, 0.15) is 12.0 Å². The van der Waals surface area contributed by atoms with E-state index in [1.165, 1.54) is 0 Å². The van der Waals surface area contributed by atoms with E-state index in [-0.39, 0.29) is 5.91 Å². The van der Waals surface area contributed by atoms with Crippen molar-refractivity contribution in [3.05, 3.63) is 66.6 Å². The Morgan fingerprint density at radius 3 is 2.69 bits per heavy atom. The minimum Gasteiger partial charge on any atom is -0.381 e. The Labute approximate surface area is 168 Å². The van der Waals surface area contributed by atoms with Crippen LogP contribution in [0.25, 0.3) is 27.8 Å². The molecular weight excluding hydrogens is 364 g/mol. The van der Waals surface area contributed by atoms with Crippen molar-refractivity contribution in [3.63, 3.8) is 0 Å². The first-order valence-electron chi connectivity index (χ1n) is 9.98. The highest BCUT2D eigenvalue weighted by Gasteiger charge is 2.24. The lowest BCUT2D eigenvalue weighted by atomic mass is 10.00. The lowest BCUT2D eigenvalue weighted by Gasteiger charge is -2.22. The van der Waals surface area contributed by atoms with E-state index in [0.717, 1.165) is 53.9 Å². The second kappa shape index (κ2) is 7.64. The number of benzene rings is 1. The van der Waals surface area contributed by atoms with E-state index in [0.29, 0.717) is 18.0 Å². The molecular formula is C23H22N4O2. The van der Waals surface area contributed by atoms with Crippen LogP contribution in [0.1, 0.15) is 23.2 Å². The summed E-state index contributed by atoms with van der Waals surface area (Å²) in [7, 11) is 0. The van der Waals surface area contributed by atoms with Crippen LogP contribution in [0, 0.1) is 5.92 Å². The topological polar surface area (TPSA) is 68.5 Å². The number of nitrogens with one attached hydrogen (secondary N) is 1. The largest absolute Gasteiger partial charge is 0.381 e. The number of hydrogen-bond donors (Lipinski definition) is 1. The quantitative estimate of drug-likeness (QED) is 0.581. The lowest BCUT2D eigenvalue weighted by molar-refractivity contribution is 0.0643. The molecule has 4 aromatic rings. The molecule has 0 radical (unpaired) electrons. The summed E-state index contributed by atoms with van der Waals surface area (Å²) in [6.45, 7) is 2.19. The Balaban J connectivity index is 1.63. The molecule has 1 amide bonds. The second-order valence-corrected chi connectivity index (χ2v) is 7.38. The Hall–Kier alpha value is -3.25. The van der Waals surface area contributed by atoms with E-state index in [1.54, 1.807) is 6.33 Å². The number of ether oxygens (including phenoxy) is 1. The summed E-state index contributed by atoms with van der Waals surface area (Å²) in [5, 5.41) is 3.94. The zero-order valence-corrected chi connectivity index (χ0v) is 16.0. The lowest BCUT2D eigenvalue weighted by Crippen LogP contribution is -2.32. The summed E-state index contributed by atoms with van der Waals surface area (Å²) in [5.74, 6) is 0.375. The molecule has 1 saturated heterocycles. The van der Waals surface area contributed by atoms with Gasteiger partial charge >= 0.3 is 0 Å². The maximum absolute atomic E-state index is 13.3. The fourth-order valence-corrected chi connectivity index (χ4v) is 4.07. The molecule has 29 heavy (non-hydrogen) atoms. The number of rotatable bonds is 4. The highest BCUT2D eigenvalue weighted by molar-refractivity contribution is 6.16. The normalized spacial score (nSPS) is 15.0. The summed E-state index contributed by atoms with van der Waals surface area (Å²) >= 11 is 0. The van der Waals surface area contributed by atoms with Gasteiger partial charge < -0.3 is 14.5 Å². The first-order valence-corrected chi connectivity index (χ1v) is 9.98. The fraction of sp³-hybridized carbons (Fsp3) is 0.261. The van der Waals surface area contributed by atoms with Crippen LogP contribution in [-0.2, 0) is 4.74 Å². The van der Waals surface area contributed by atoms with Crippen LogP contribution >= 0.6 is 0 Å². The Bertz CT molecular complexity index is 1160. The molecule has 0 saturated carbocycles. The van der Waals surface area contributed by atoms with E-state index in [2.05, 4.69) is 15.3 Å². The summed E-state index contributed by atoms with van der Waals surface area (Å²) < 4.78 is 7.39. The number of pyridine rings is 1. The third kappa shape index (κ3) is 3.25. The highest BCUT2D eigenvalue weighted by atomic mass is 16.5. The average molecular weight is 386 g/mol. The van der Waals surface area contributed by atoms with Gasteiger partial charge in [0.2, 0.25) is 0 Å². The van der Waals surface area contributed by atoms with Gasteiger partial charge in [-0.3, -0.25) is 4.79 Å². The summed E-state index contributed by atoms with van der Waals surface area (Å²) in [6.07, 6.45) is 5.47. The summed E-state index contributed by atoms with van der Waals surface area (Å²) in [6, 6.07) is 15.8. The van der Waals surface area contributed by atoms with E-state index >= 15 is 0 Å². The third-order valence-electron chi connectivity index (χ3n) is 5.59. The molecule has 6 nitrogen and oxygen atoms in total. The molecule has 1 aliphatic rings. The van der Waals surface area contributed by atoms with Crippen LogP contribution in [-0.4, -0.2) is 40.0 Å². The van der Waals surface area contributed by atoms with Crippen molar-refractivity contribution in [2.75, 3.05) is 19.8 Å². The van der Waals surface area contributed by atoms with Crippen molar-refractivity contribution in [1.82, 2.24) is 19.7 Å². The van der Waals surface area contributed by atoms with Gasteiger partial charge in [-0.25, -0.2) is 9.97 Å². The Morgan fingerprint density at radius 2 is 1.86 bits per heavy atom. The SMILES string of the molecule is O=C(NCC1CCOCC1)c1c2c(-c3ccccc3)ncnc2n2ccccc12. The van der Waals surface area contributed by atoms with Crippen molar-refractivity contribution in [1.29, 1.82) is 0 Å². The van der Waals surface area contributed by atoms with E-state index < -0.39 is 0 Å². The number of amides is 1. The van der Waals surface area contributed by atoms with Gasteiger partial charge in [-0.15, -0.1) is 0 Å². The maximum atomic E-state index is 13.3. The smallest absolute Gasteiger partial charge is 0.254 e. The fourth-order valence-electron chi connectivity index (χ4n) is 4.07. The number of aromatic nitrogens is 3. The molecule has 1 aliphatic heterocycles. The Kier molecular flexibility index (Phi) is 4.69. The van der Waals surface area contributed by atoms with Crippen LogP contribution < -0.4 is 5.32 Å². The standard InChI is InChI=1S/C23H22N4O2/c28-23(24-14-16-9-12-29-13-10-16)19-18-8-4-5-11-27(18)22-20(19)21(25-15-26-22)17-6-2-1-3-7-17/h1-8,11,15-16H,9-10,12-14H2,(H,24,28). The van der Waals surface area contributed by atoms with Crippen LogP contribution in [0.15, 0.2) is 61.1 Å². The van der Waals surface area contributed by atoms with Crippen LogP contribution in [0.2, 0.25) is 0 Å². The van der Waals surface area contributed by atoms with E-state index in [4.69, 9.17) is 4.74 Å². The maximum Gasteiger partial charge on any atom is 0.254 e. The molecule has 1 fully saturated rings. The van der Waals surface area contributed by atoms with Crippen molar-refractivity contribution in [2.45, 2.75) is 12.8 Å². The minimum absolute atomic E-state index is 0.0813. The van der Waals surface area contributed by atoms with Gasteiger partial charge in [0, 0.05) is 31.5 Å². The van der Waals surface area contributed by atoms with Crippen molar-refractivity contribution in [3.8, 4) is 11.3 Å². The second-order valence-electron chi connectivity index (χ2n) is 7.38. The molecule has 0 spiro atoms. The van der Waals surface area contributed by atoms with Gasteiger partial charge in [-0.1, -0.05) is 36.4 Å². The summed E-state index contributed by atoms with van der Waals surface area (Å²) in [4.78, 5) is 22.4. The molecule has 6 heteroatoms. The number of hydrogen-bond acceptors (Lipinski definition) is 4. The van der Waals surface area contributed by atoms with Gasteiger partial charge in [0.15, 0.2) is 0 Å². The Morgan fingerprint density at radius 1 is 1.07 bits per heavy atom. The van der Waals surface area contributed by atoms with Crippen molar-refractivity contribution >= 4 is 22.5 Å². The number of carbonyl (C=O) groups excluding carboxylic acids is 1. The predicted molar refractivity (Wildman–Crippen MR) is 112 cm³/mol. The van der Waals surface area contributed by atoms with Crippen molar-refractivity contribution < 1.29 is 9.53 Å². The van der Waals surface area contributed by atoms with Crippen LogP contribution in [0.4, 0.5) is 0 Å². The first-order chi connectivity index (χ1) is 14.3. The molecule has 0 unspecified atom stereocenters. The van der Waals surface area contributed by atoms with Gasteiger partial charge in [-0.05, 0) is 30.9 Å². The van der Waals surface area contributed by atoms with E-state index in [1.807, 2.05) is 59.1 Å². The zero-order chi connectivity index (χ0) is 19.6. The molecule has 1 aromatic carbocycles. The minimum atomic E-state index is -0.0813. The zero-order valence-electron chi connectivity index (χ0n) is 16.0. The van der Waals surface area contributed by atoms with Crippen LogP contribution in [0.5, 0.6) is 0 Å². The molecule has 1 N–H and O–H groups in total. The van der Waals surface area contributed by atoms with Gasteiger partial charge in [0.25, 0.3) is 5.91 Å². The first kappa shape index (κ1) is 17.8. The molecule has 0 aliphatic carbocycles. The molecule has 0 atom stereocenters.